The molecule has 1 aromatic carbocycles. The van der Waals surface area contributed by atoms with Gasteiger partial charge in [-0.3, -0.25) is 4.90 Å². The van der Waals surface area contributed by atoms with E-state index in [9.17, 15) is 10.0 Å². The predicted octanol–water partition coefficient (Wildman–Crippen LogP) is 0.309. The molecule has 1 fully saturated rings. The van der Waals surface area contributed by atoms with Gasteiger partial charge in [-0.1, -0.05) is 31.6 Å². The zero-order chi connectivity index (χ0) is 17.0. The number of benzene rings is 1. The summed E-state index contributed by atoms with van der Waals surface area (Å²) < 4.78 is 0. The van der Waals surface area contributed by atoms with Crippen molar-refractivity contribution in [1.29, 1.82) is 0 Å². The molecule has 0 saturated carbocycles. The van der Waals surface area contributed by atoms with Gasteiger partial charge >= 0.3 is 7.12 Å². The molecule has 1 saturated heterocycles. The van der Waals surface area contributed by atoms with E-state index in [2.05, 4.69) is 47.4 Å². The molecule has 23 heavy (non-hydrogen) atoms. The fourth-order valence-electron chi connectivity index (χ4n) is 2.67. The highest BCUT2D eigenvalue weighted by Crippen LogP contribution is 2.12. The van der Waals surface area contributed by atoms with E-state index in [1.165, 1.54) is 0 Å². The summed E-state index contributed by atoms with van der Waals surface area (Å²) in [6.07, 6.45) is 0. The Bertz CT molecular complexity index is 611. The Morgan fingerprint density at radius 1 is 1.22 bits per heavy atom. The first-order valence-corrected chi connectivity index (χ1v) is 11.7. The maximum Gasteiger partial charge on any atom is 0.488 e. The van der Waals surface area contributed by atoms with Crippen LogP contribution >= 0.6 is 0 Å². The lowest BCUT2D eigenvalue weighted by atomic mass is 9.75. The summed E-state index contributed by atoms with van der Waals surface area (Å²) in [5, 5.41) is 22.7. The monoisotopic (exact) mass is 330 g/mol. The molecule has 0 aliphatic carbocycles. The van der Waals surface area contributed by atoms with Crippen LogP contribution in [-0.4, -0.2) is 56.3 Å². The number of piperazine rings is 1. The normalized spacial score (nSPS) is 15.9. The van der Waals surface area contributed by atoms with Gasteiger partial charge < -0.3 is 15.4 Å². The third-order valence-corrected chi connectivity index (χ3v) is 4.85. The van der Waals surface area contributed by atoms with E-state index in [1.807, 2.05) is 13.0 Å². The van der Waals surface area contributed by atoms with Crippen LogP contribution in [-0.2, 0) is 6.54 Å². The third-order valence-electron chi connectivity index (χ3n) is 3.97. The van der Waals surface area contributed by atoms with Crippen molar-refractivity contribution in [3.05, 3.63) is 28.8 Å². The second-order valence-corrected chi connectivity index (χ2v) is 12.0. The molecule has 0 radical (unpaired) electrons. The van der Waals surface area contributed by atoms with E-state index >= 15 is 0 Å². The quantitative estimate of drug-likeness (QED) is 0.552. The number of rotatable bonds is 3. The van der Waals surface area contributed by atoms with Crippen molar-refractivity contribution in [2.45, 2.75) is 33.1 Å². The zero-order valence-corrected chi connectivity index (χ0v) is 15.6. The SMILES string of the molecule is Cc1c(C#C[Si](C)(C)C)cc(CN2CCNCC2)cc1B(O)O. The first-order valence-electron chi connectivity index (χ1n) is 8.22. The minimum atomic E-state index is -1.47. The van der Waals surface area contributed by atoms with E-state index in [-0.39, 0.29) is 0 Å². The molecule has 0 bridgehead atoms. The van der Waals surface area contributed by atoms with Gasteiger partial charge in [0, 0.05) is 38.3 Å². The smallest absolute Gasteiger partial charge is 0.423 e. The Balaban J connectivity index is 2.34. The summed E-state index contributed by atoms with van der Waals surface area (Å²) >= 11 is 0. The Labute approximate surface area is 141 Å². The van der Waals surface area contributed by atoms with Gasteiger partial charge in [-0.15, -0.1) is 5.54 Å². The molecule has 0 aromatic heterocycles. The van der Waals surface area contributed by atoms with Gasteiger partial charge in [0.1, 0.15) is 8.07 Å². The lowest BCUT2D eigenvalue weighted by Gasteiger charge is -2.27. The standard InChI is InChI=1S/C17H27BN2O2Si/c1-14-16(5-10-23(2,3)4)11-15(12-17(14)18(21)22)13-20-8-6-19-7-9-20/h11-12,19,21-22H,6-9,13H2,1-4H3. The fraction of sp³-hybridized carbons (Fsp3) is 0.529. The number of nitrogens with one attached hydrogen (secondary N) is 1. The van der Waals surface area contributed by atoms with Crippen LogP contribution in [0.3, 0.4) is 0 Å². The minimum Gasteiger partial charge on any atom is -0.423 e. The van der Waals surface area contributed by atoms with Crippen molar-refractivity contribution in [1.82, 2.24) is 10.2 Å². The molecule has 1 aliphatic rings. The van der Waals surface area contributed by atoms with Crippen molar-refractivity contribution in [3.63, 3.8) is 0 Å². The van der Waals surface area contributed by atoms with Crippen LogP contribution < -0.4 is 10.8 Å². The first kappa shape index (κ1) is 18.2. The third kappa shape index (κ3) is 5.48. The predicted molar refractivity (Wildman–Crippen MR) is 99.4 cm³/mol. The van der Waals surface area contributed by atoms with E-state index < -0.39 is 15.2 Å². The first-order chi connectivity index (χ1) is 10.8. The molecule has 0 amide bonds. The van der Waals surface area contributed by atoms with Crippen LogP contribution in [0.25, 0.3) is 0 Å². The highest BCUT2D eigenvalue weighted by molar-refractivity contribution is 6.83. The van der Waals surface area contributed by atoms with Gasteiger partial charge in [0.15, 0.2) is 0 Å². The fourth-order valence-corrected chi connectivity index (χ4v) is 3.18. The summed E-state index contributed by atoms with van der Waals surface area (Å²) in [6, 6.07) is 4.01. The van der Waals surface area contributed by atoms with Crippen LogP contribution in [0.5, 0.6) is 0 Å². The Morgan fingerprint density at radius 3 is 2.43 bits per heavy atom. The summed E-state index contributed by atoms with van der Waals surface area (Å²) in [6.45, 7) is 13.4. The lowest BCUT2D eigenvalue weighted by Crippen LogP contribution is -2.43. The highest BCUT2D eigenvalue weighted by atomic mass is 28.3. The van der Waals surface area contributed by atoms with Crippen LogP contribution in [0, 0.1) is 18.4 Å². The van der Waals surface area contributed by atoms with Crippen molar-refractivity contribution in [2.24, 2.45) is 0 Å². The molecule has 4 nitrogen and oxygen atoms in total. The Kier molecular flexibility index (Phi) is 6.07. The van der Waals surface area contributed by atoms with Crippen LogP contribution in [0.4, 0.5) is 0 Å². The summed E-state index contributed by atoms with van der Waals surface area (Å²) in [5.41, 5.74) is 6.83. The molecule has 0 atom stereocenters. The molecule has 124 valence electrons. The van der Waals surface area contributed by atoms with Gasteiger partial charge in [-0.25, -0.2) is 0 Å². The lowest BCUT2D eigenvalue weighted by molar-refractivity contribution is 0.233. The van der Waals surface area contributed by atoms with Gasteiger partial charge in [0.2, 0.25) is 0 Å². The highest BCUT2D eigenvalue weighted by Gasteiger charge is 2.19. The average molecular weight is 330 g/mol. The zero-order valence-electron chi connectivity index (χ0n) is 14.6. The molecule has 6 heteroatoms. The maximum atomic E-state index is 9.68. The van der Waals surface area contributed by atoms with Gasteiger partial charge in [0.05, 0.1) is 0 Å². The molecular weight excluding hydrogens is 303 g/mol. The average Bonchev–Trinajstić information content (AvgIpc) is 2.47. The van der Waals surface area contributed by atoms with E-state index in [4.69, 9.17) is 0 Å². The van der Waals surface area contributed by atoms with Crippen LogP contribution in [0.15, 0.2) is 12.1 Å². The van der Waals surface area contributed by atoms with Crippen LogP contribution in [0.2, 0.25) is 19.6 Å². The summed E-state index contributed by atoms with van der Waals surface area (Å²) in [5.74, 6) is 3.28. The van der Waals surface area contributed by atoms with E-state index in [1.54, 1.807) is 0 Å². The Hall–Kier alpha value is -1.10. The topological polar surface area (TPSA) is 55.7 Å². The van der Waals surface area contributed by atoms with Crippen molar-refractivity contribution < 1.29 is 10.0 Å². The molecule has 2 rings (SSSR count). The largest absolute Gasteiger partial charge is 0.488 e. The van der Waals surface area contributed by atoms with Gasteiger partial charge in [-0.2, -0.15) is 0 Å². The molecule has 0 unspecified atom stereocenters. The van der Waals surface area contributed by atoms with Crippen LogP contribution in [0.1, 0.15) is 16.7 Å². The minimum absolute atomic E-state index is 0.567. The maximum absolute atomic E-state index is 9.68. The van der Waals surface area contributed by atoms with E-state index in [0.717, 1.165) is 49.4 Å². The molecule has 3 N–H and O–H groups in total. The second-order valence-electron chi connectivity index (χ2n) is 7.26. The van der Waals surface area contributed by atoms with E-state index in [0.29, 0.717) is 5.46 Å². The van der Waals surface area contributed by atoms with Gasteiger partial charge in [0.25, 0.3) is 0 Å². The molecule has 0 spiro atoms. The summed E-state index contributed by atoms with van der Waals surface area (Å²) in [7, 11) is -2.93. The van der Waals surface area contributed by atoms with Gasteiger partial charge in [-0.05, 0) is 29.6 Å². The second kappa shape index (κ2) is 7.65. The summed E-state index contributed by atoms with van der Waals surface area (Å²) in [4.78, 5) is 2.38. The van der Waals surface area contributed by atoms with Crippen molar-refractivity contribution in [2.75, 3.05) is 26.2 Å². The number of hydrogen-bond donors (Lipinski definition) is 3. The van der Waals surface area contributed by atoms with Crippen molar-refractivity contribution >= 4 is 20.7 Å². The van der Waals surface area contributed by atoms with Crippen molar-refractivity contribution in [3.8, 4) is 11.5 Å². The molecule has 1 aromatic rings. The number of hydrogen-bond acceptors (Lipinski definition) is 4. The molecule has 1 aliphatic heterocycles. The number of nitrogens with zero attached hydrogens (tertiary/aromatic N) is 1. The molecule has 1 heterocycles. The molecular formula is C17H27BN2O2Si. The Morgan fingerprint density at radius 2 is 1.87 bits per heavy atom.